The molecule has 1 atom stereocenters. The predicted molar refractivity (Wildman–Crippen MR) is 64.8 cm³/mol. The smallest absolute Gasteiger partial charge is 0.179 e. The van der Waals surface area contributed by atoms with Crippen LogP contribution >= 0.6 is 0 Å². The zero-order valence-corrected chi connectivity index (χ0v) is 10.1. The van der Waals surface area contributed by atoms with Crippen molar-refractivity contribution < 1.29 is 9.90 Å². The number of likely N-dealkylation sites (N-methyl/N-ethyl adjacent to an activating group) is 1. The van der Waals surface area contributed by atoms with Crippen LogP contribution < -0.4 is 0 Å². The molecule has 0 aliphatic carbocycles. The second-order valence-corrected chi connectivity index (χ2v) is 3.81. The number of benzene rings is 1. The van der Waals surface area contributed by atoms with Gasteiger partial charge in [-0.15, -0.1) is 0 Å². The first-order valence-electron chi connectivity index (χ1n) is 5.67. The summed E-state index contributed by atoms with van der Waals surface area (Å²) in [6, 6.07) is 6.30. The lowest BCUT2D eigenvalue weighted by Crippen LogP contribution is -2.38. The number of carbonyl (C=O) groups is 1. The Kier molecular flexibility index (Phi) is 4.50. The van der Waals surface area contributed by atoms with Crippen LogP contribution in [-0.4, -0.2) is 34.9 Å². The van der Waals surface area contributed by atoms with Gasteiger partial charge in [0, 0.05) is 5.56 Å². The molecule has 0 aliphatic heterocycles. The molecule has 88 valence electrons. The number of rotatable bonds is 5. The molecule has 0 amide bonds. The van der Waals surface area contributed by atoms with E-state index in [0.29, 0.717) is 5.56 Å². The van der Waals surface area contributed by atoms with Crippen molar-refractivity contribution in [1.29, 1.82) is 0 Å². The maximum absolute atomic E-state index is 12.1. The molecule has 0 fully saturated rings. The van der Waals surface area contributed by atoms with Gasteiger partial charge >= 0.3 is 0 Å². The summed E-state index contributed by atoms with van der Waals surface area (Å²) in [6.07, 6.45) is 0. The van der Waals surface area contributed by atoms with E-state index in [1.165, 1.54) is 0 Å². The minimum atomic E-state index is -0.112. The van der Waals surface area contributed by atoms with Crippen molar-refractivity contribution in [3.8, 4) is 5.75 Å². The van der Waals surface area contributed by atoms with Crippen molar-refractivity contribution in [3.05, 3.63) is 29.8 Å². The van der Waals surface area contributed by atoms with E-state index in [9.17, 15) is 4.79 Å². The highest BCUT2D eigenvalue weighted by Gasteiger charge is 2.19. The lowest BCUT2D eigenvalue weighted by Gasteiger charge is -2.25. The number of hydrogen-bond acceptors (Lipinski definition) is 3. The van der Waals surface area contributed by atoms with Crippen LogP contribution in [0.4, 0.5) is 0 Å². The van der Waals surface area contributed by atoms with Crippen LogP contribution in [0.2, 0.25) is 0 Å². The first-order valence-corrected chi connectivity index (χ1v) is 5.67. The Morgan fingerprint density at radius 3 is 2.19 bits per heavy atom. The molecule has 1 N–H and O–H groups in total. The molecule has 0 unspecified atom stereocenters. The summed E-state index contributed by atoms with van der Waals surface area (Å²) in [5.41, 5.74) is 0.650. The number of carbonyl (C=O) groups excluding carboxylic acids is 1. The Balaban J connectivity index is 2.81. The van der Waals surface area contributed by atoms with Crippen molar-refractivity contribution in [2.75, 3.05) is 13.1 Å². The van der Waals surface area contributed by atoms with E-state index in [0.717, 1.165) is 13.1 Å². The Hall–Kier alpha value is -1.35. The topological polar surface area (TPSA) is 40.5 Å². The van der Waals surface area contributed by atoms with E-state index in [2.05, 4.69) is 4.90 Å². The molecule has 3 heteroatoms. The first kappa shape index (κ1) is 12.7. The van der Waals surface area contributed by atoms with Gasteiger partial charge in [-0.25, -0.2) is 0 Å². The molecule has 0 bridgehead atoms. The van der Waals surface area contributed by atoms with E-state index in [1.54, 1.807) is 24.3 Å². The van der Waals surface area contributed by atoms with Crippen LogP contribution in [0.25, 0.3) is 0 Å². The van der Waals surface area contributed by atoms with Crippen molar-refractivity contribution >= 4 is 5.78 Å². The minimum Gasteiger partial charge on any atom is -0.508 e. The molecule has 1 rings (SSSR count). The van der Waals surface area contributed by atoms with Gasteiger partial charge in [-0.2, -0.15) is 0 Å². The third kappa shape index (κ3) is 2.83. The van der Waals surface area contributed by atoms with Crippen LogP contribution in [0.1, 0.15) is 31.1 Å². The number of phenols is 1. The molecule has 16 heavy (non-hydrogen) atoms. The highest BCUT2D eigenvalue weighted by atomic mass is 16.3. The molecular weight excluding hydrogens is 202 g/mol. The molecule has 3 nitrogen and oxygen atoms in total. The number of nitrogens with zero attached hydrogens (tertiary/aromatic N) is 1. The van der Waals surface area contributed by atoms with Crippen LogP contribution in [-0.2, 0) is 0 Å². The molecule has 0 spiro atoms. The molecule has 1 aromatic carbocycles. The molecule has 0 radical (unpaired) electrons. The summed E-state index contributed by atoms with van der Waals surface area (Å²) in [6.45, 7) is 7.74. The predicted octanol–water partition coefficient (Wildman–Crippen LogP) is 2.31. The van der Waals surface area contributed by atoms with Crippen LogP contribution in [0, 0.1) is 0 Å². The van der Waals surface area contributed by atoms with Gasteiger partial charge in [0.05, 0.1) is 6.04 Å². The number of Topliss-reactive ketones (excluding diaryl/α,β-unsaturated/α-hetero) is 1. The van der Waals surface area contributed by atoms with Gasteiger partial charge in [0.15, 0.2) is 5.78 Å². The Labute approximate surface area is 96.7 Å². The first-order chi connectivity index (χ1) is 7.60. The average molecular weight is 221 g/mol. The maximum atomic E-state index is 12.1. The lowest BCUT2D eigenvalue weighted by molar-refractivity contribution is 0.0851. The zero-order chi connectivity index (χ0) is 12.1. The van der Waals surface area contributed by atoms with Crippen LogP contribution in [0.3, 0.4) is 0 Å². The summed E-state index contributed by atoms with van der Waals surface area (Å²) in [5.74, 6) is 0.288. The van der Waals surface area contributed by atoms with Gasteiger partial charge in [0.2, 0.25) is 0 Å². The fourth-order valence-electron chi connectivity index (χ4n) is 1.80. The molecule has 0 heterocycles. The van der Waals surface area contributed by atoms with Crippen LogP contribution in [0.5, 0.6) is 5.75 Å². The molecular formula is C13H19NO2. The number of phenolic OH excluding ortho intramolecular Hbond substituents is 1. The van der Waals surface area contributed by atoms with E-state index >= 15 is 0 Å². The van der Waals surface area contributed by atoms with Crippen molar-refractivity contribution in [3.63, 3.8) is 0 Å². The molecule has 0 aliphatic rings. The summed E-state index contributed by atoms with van der Waals surface area (Å²) in [4.78, 5) is 14.2. The fourth-order valence-corrected chi connectivity index (χ4v) is 1.80. The van der Waals surface area contributed by atoms with Gasteiger partial charge in [0.1, 0.15) is 5.75 Å². The quantitative estimate of drug-likeness (QED) is 0.776. The molecule has 0 aromatic heterocycles. The average Bonchev–Trinajstić information content (AvgIpc) is 2.30. The van der Waals surface area contributed by atoms with Crippen molar-refractivity contribution in [1.82, 2.24) is 4.90 Å². The van der Waals surface area contributed by atoms with E-state index in [-0.39, 0.29) is 17.6 Å². The number of aromatic hydroxyl groups is 1. The van der Waals surface area contributed by atoms with E-state index < -0.39 is 0 Å². The standard InChI is InChI=1S/C13H19NO2/c1-4-14(5-2)10(3)13(16)11-6-8-12(15)9-7-11/h6-10,15H,4-5H2,1-3H3/t10-/m1/s1. The van der Waals surface area contributed by atoms with Crippen molar-refractivity contribution in [2.24, 2.45) is 0 Å². The number of hydrogen-bond donors (Lipinski definition) is 1. The van der Waals surface area contributed by atoms with Gasteiger partial charge in [-0.3, -0.25) is 9.69 Å². The molecule has 0 saturated heterocycles. The number of ketones is 1. The van der Waals surface area contributed by atoms with Gasteiger partial charge in [0.25, 0.3) is 0 Å². The Bertz CT molecular complexity index is 341. The normalized spacial score (nSPS) is 12.8. The largest absolute Gasteiger partial charge is 0.508 e. The highest BCUT2D eigenvalue weighted by molar-refractivity contribution is 5.99. The third-order valence-electron chi connectivity index (χ3n) is 2.89. The summed E-state index contributed by atoms with van der Waals surface area (Å²) < 4.78 is 0. The SMILES string of the molecule is CCN(CC)[C@H](C)C(=O)c1ccc(O)cc1. The monoisotopic (exact) mass is 221 g/mol. The summed E-state index contributed by atoms with van der Waals surface area (Å²) in [7, 11) is 0. The maximum Gasteiger partial charge on any atom is 0.179 e. The minimum absolute atomic E-state index is 0.101. The molecule has 0 saturated carbocycles. The van der Waals surface area contributed by atoms with Crippen LogP contribution in [0.15, 0.2) is 24.3 Å². The van der Waals surface area contributed by atoms with Gasteiger partial charge in [-0.05, 0) is 44.3 Å². The fraction of sp³-hybridized carbons (Fsp3) is 0.462. The molecule has 1 aromatic rings. The zero-order valence-electron chi connectivity index (χ0n) is 10.1. The van der Waals surface area contributed by atoms with Gasteiger partial charge in [-0.1, -0.05) is 13.8 Å². The summed E-state index contributed by atoms with van der Waals surface area (Å²) in [5, 5.41) is 9.16. The summed E-state index contributed by atoms with van der Waals surface area (Å²) >= 11 is 0. The van der Waals surface area contributed by atoms with E-state index in [4.69, 9.17) is 5.11 Å². The third-order valence-corrected chi connectivity index (χ3v) is 2.89. The Morgan fingerprint density at radius 2 is 1.75 bits per heavy atom. The van der Waals surface area contributed by atoms with E-state index in [1.807, 2.05) is 20.8 Å². The Morgan fingerprint density at radius 1 is 1.25 bits per heavy atom. The lowest BCUT2D eigenvalue weighted by atomic mass is 10.0. The van der Waals surface area contributed by atoms with Crippen molar-refractivity contribution in [2.45, 2.75) is 26.8 Å². The second-order valence-electron chi connectivity index (χ2n) is 3.81. The van der Waals surface area contributed by atoms with Gasteiger partial charge < -0.3 is 5.11 Å². The second kappa shape index (κ2) is 5.66. The highest BCUT2D eigenvalue weighted by Crippen LogP contribution is 2.13.